The summed E-state index contributed by atoms with van der Waals surface area (Å²) in [5.41, 5.74) is 20.4. The fourth-order valence-corrected chi connectivity index (χ4v) is 3.92. The minimum absolute atomic E-state index is 0.222. The molecule has 0 unspecified atom stereocenters. The zero-order valence-electron chi connectivity index (χ0n) is 18.8. The number of amides is 1. The van der Waals surface area contributed by atoms with E-state index in [9.17, 15) is 9.59 Å². The lowest BCUT2D eigenvalue weighted by Gasteiger charge is -2.07. The van der Waals surface area contributed by atoms with Gasteiger partial charge >= 0.3 is 0 Å². The molecule has 174 valence electrons. The molecule has 0 bridgehead atoms. The smallest absolute Gasteiger partial charge is 0.217 e. The maximum atomic E-state index is 13.5. The fourth-order valence-electron chi connectivity index (χ4n) is 3.92. The monoisotopic (exact) mass is 457 g/mol. The van der Waals surface area contributed by atoms with Crippen LogP contribution >= 0.6 is 0 Å². The van der Waals surface area contributed by atoms with E-state index >= 15 is 0 Å². The highest BCUT2D eigenvalue weighted by Gasteiger charge is 2.23. The summed E-state index contributed by atoms with van der Waals surface area (Å²) in [4.78, 5) is 24.6. The second-order valence-corrected chi connectivity index (χ2v) is 8.22. The molecule has 0 aliphatic rings. The van der Waals surface area contributed by atoms with Gasteiger partial charge in [0.15, 0.2) is 5.78 Å². The third-order valence-electron chi connectivity index (χ3n) is 5.53. The molecule has 0 saturated carbocycles. The molecule has 0 fully saturated rings. The first-order valence-electron chi connectivity index (χ1n) is 11.1. The van der Waals surface area contributed by atoms with E-state index in [4.69, 9.17) is 26.4 Å². The van der Waals surface area contributed by atoms with Gasteiger partial charge < -0.3 is 26.4 Å². The number of primary amides is 1. The number of fused-ring (bicyclic) bond motifs is 1. The maximum Gasteiger partial charge on any atom is 0.217 e. The normalized spacial score (nSPS) is 10.9. The first kappa shape index (κ1) is 22.9. The van der Waals surface area contributed by atoms with E-state index in [0.29, 0.717) is 70.9 Å². The lowest BCUT2D eigenvalue weighted by molar-refractivity contribution is -0.118. The molecule has 0 radical (unpaired) electrons. The molecule has 0 aliphatic carbocycles. The van der Waals surface area contributed by atoms with Gasteiger partial charge in [0.25, 0.3) is 0 Å². The largest absolute Gasteiger partial charge is 0.489 e. The summed E-state index contributed by atoms with van der Waals surface area (Å²) in [7, 11) is 0. The Morgan fingerprint density at radius 3 is 2.32 bits per heavy atom. The standard InChI is InChI=1S/C27H27N3O4/c28-19-12-18(13-20(29)14-19)27(32)26-22-11-10-21(33-16-17-6-2-1-3-7-17)15-24(22)34-23(26)8-4-5-9-25(30)31/h1-3,6-7,10-15H,4-5,8-9,16,28-29H2,(H2,30,31). The van der Waals surface area contributed by atoms with Crippen molar-refractivity contribution in [3.8, 4) is 5.75 Å². The molecule has 0 spiro atoms. The number of nitrogens with two attached hydrogens (primary N) is 3. The van der Waals surface area contributed by atoms with E-state index < -0.39 is 0 Å². The van der Waals surface area contributed by atoms with Crippen LogP contribution in [-0.4, -0.2) is 11.7 Å². The van der Waals surface area contributed by atoms with E-state index in [1.54, 1.807) is 24.3 Å². The van der Waals surface area contributed by atoms with Crippen LogP contribution in [-0.2, 0) is 17.8 Å². The number of furan rings is 1. The average molecular weight is 458 g/mol. The van der Waals surface area contributed by atoms with Crippen molar-refractivity contribution < 1.29 is 18.7 Å². The van der Waals surface area contributed by atoms with Crippen molar-refractivity contribution >= 4 is 34.0 Å². The van der Waals surface area contributed by atoms with Gasteiger partial charge in [0.1, 0.15) is 23.7 Å². The van der Waals surface area contributed by atoms with Gasteiger partial charge in [0.05, 0.1) is 5.56 Å². The summed E-state index contributed by atoms with van der Waals surface area (Å²) in [5, 5.41) is 0.683. The van der Waals surface area contributed by atoms with Crippen molar-refractivity contribution in [1.29, 1.82) is 0 Å². The zero-order valence-corrected chi connectivity index (χ0v) is 18.8. The first-order chi connectivity index (χ1) is 16.4. The van der Waals surface area contributed by atoms with Crippen molar-refractivity contribution in [3.05, 3.63) is 89.2 Å². The van der Waals surface area contributed by atoms with Crippen LogP contribution in [0.3, 0.4) is 0 Å². The Morgan fingerprint density at radius 1 is 0.882 bits per heavy atom. The Bertz CT molecular complexity index is 1310. The third kappa shape index (κ3) is 5.38. The van der Waals surface area contributed by atoms with E-state index in [1.165, 1.54) is 0 Å². The Balaban J connectivity index is 1.66. The predicted octanol–water partition coefficient (Wildman–Crippen LogP) is 4.61. The zero-order chi connectivity index (χ0) is 24.1. The highest BCUT2D eigenvalue weighted by Crippen LogP contribution is 2.33. The minimum Gasteiger partial charge on any atom is -0.489 e. The molecular formula is C27H27N3O4. The van der Waals surface area contributed by atoms with Gasteiger partial charge in [-0.2, -0.15) is 0 Å². The number of rotatable bonds is 10. The highest BCUT2D eigenvalue weighted by molar-refractivity contribution is 6.17. The maximum absolute atomic E-state index is 13.5. The number of anilines is 2. The fraction of sp³-hybridized carbons (Fsp3) is 0.185. The first-order valence-corrected chi connectivity index (χ1v) is 11.1. The lowest BCUT2D eigenvalue weighted by Crippen LogP contribution is -2.10. The molecule has 6 N–H and O–H groups in total. The number of nitrogen functional groups attached to an aromatic ring is 2. The topological polar surface area (TPSA) is 135 Å². The summed E-state index contributed by atoms with van der Waals surface area (Å²) in [6.45, 7) is 0.418. The molecular weight excluding hydrogens is 430 g/mol. The molecule has 1 aromatic heterocycles. The molecule has 0 aliphatic heterocycles. The molecule has 7 heteroatoms. The van der Waals surface area contributed by atoms with Crippen molar-refractivity contribution in [2.45, 2.75) is 32.3 Å². The van der Waals surface area contributed by atoms with Gasteiger partial charge in [-0.3, -0.25) is 9.59 Å². The van der Waals surface area contributed by atoms with Crippen molar-refractivity contribution in [1.82, 2.24) is 0 Å². The molecule has 7 nitrogen and oxygen atoms in total. The number of carbonyl (C=O) groups excluding carboxylic acids is 2. The average Bonchev–Trinajstić information content (AvgIpc) is 3.17. The van der Waals surface area contributed by atoms with Gasteiger partial charge in [-0.25, -0.2) is 0 Å². The van der Waals surface area contributed by atoms with Crippen LogP contribution in [0.1, 0.15) is 46.5 Å². The Kier molecular flexibility index (Phi) is 6.82. The highest BCUT2D eigenvalue weighted by atomic mass is 16.5. The van der Waals surface area contributed by atoms with Crippen LogP contribution in [0.15, 0.2) is 71.1 Å². The number of benzene rings is 3. The lowest BCUT2D eigenvalue weighted by atomic mass is 9.97. The molecule has 0 atom stereocenters. The summed E-state index contributed by atoms with van der Waals surface area (Å²) < 4.78 is 12.0. The van der Waals surface area contributed by atoms with Gasteiger partial charge in [0.2, 0.25) is 5.91 Å². The molecule has 0 saturated heterocycles. The Morgan fingerprint density at radius 2 is 1.62 bits per heavy atom. The molecule has 4 aromatic rings. The van der Waals surface area contributed by atoms with Crippen LogP contribution in [0.4, 0.5) is 11.4 Å². The van der Waals surface area contributed by atoms with E-state index in [-0.39, 0.29) is 18.1 Å². The summed E-state index contributed by atoms with van der Waals surface area (Å²) in [6, 6.07) is 20.1. The molecule has 34 heavy (non-hydrogen) atoms. The van der Waals surface area contributed by atoms with Crippen LogP contribution in [0.2, 0.25) is 0 Å². The number of hydrogen-bond acceptors (Lipinski definition) is 6. The quantitative estimate of drug-likeness (QED) is 0.181. The summed E-state index contributed by atoms with van der Waals surface area (Å²) >= 11 is 0. The van der Waals surface area contributed by atoms with E-state index in [2.05, 4.69) is 0 Å². The van der Waals surface area contributed by atoms with Gasteiger partial charge in [-0.15, -0.1) is 0 Å². The second kappa shape index (κ2) is 10.1. The number of ketones is 1. The number of carbonyl (C=O) groups is 2. The van der Waals surface area contributed by atoms with Gasteiger partial charge in [-0.05, 0) is 48.7 Å². The summed E-state index contributed by atoms with van der Waals surface area (Å²) in [6.07, 6.45) is 2.03. The van der Waals surface area contributed by atoms with Crippen LogP contribution in [0, 0.1) is 0 Å². The molecule has 4 rings (SSSR count). The van der Waals surface area contributed by atoms with Crippen LogP contribution in [0.5, 0.6) is 5.75 Å². The number of aryl methyl sites for hydroxylation is 1. The summed E-state index contributed by atoms with van der Waals surface area (Å²) in [5.74, 6) is 0.611. The van der Waals surface area contributed by atoms with Crippen molar-refractivity contribution in [2.24, 2.45) is 5.73 Å². The SMILES string of the molecule is NC(=O)CCCCc1oc2cc(OCc3ccccc3)ccc2c1C(=O)c1cc(N)cc(N)c1. The van der Waals surface area contributed by atoms with Crippen LogP contribution < -0.4 is 21.9 Å². The van der Waals surface area contributed by atoms with Crippen LogP contribution in [0.25, 0.3) is 11.0 Å². The van der Waals surface area contributed by atoms with E-state index in [0.717, 1.165) is 5.56 Å². The number of unbranched alkanes of at least 4 members (excludes halogenated alkanes) is 1. The molecule has 1 heterocycles. The van der Waals surface area contributed by atoms with Gasteiger partial charge in [-0.1, -0.05) is 30.3 Å². The third-order valence-corrected chi connectivity index (χ3v) is 5.53. The minimum atomic E-state index is -0.351. The Hall–Kier alpha value is -4.26. The van der Waals surface area contributed by atoms with Crippen molar-refractivity contribution in [2.75, 3.05) is 11.5 Å². The molecule has 3 aromatic carbocycles. The predicted molar refractivity (Wildman–Crippen MR) is 132 cm³/mol. The van der Waals surface area contributed by atoms with Crippen molar-refractivity contribution in [3.63, 3.8) is 0 Å². The Labute approximate surface area is 197 Å². The number of hydrogen-bond donors (Lipinski definition) is 3. The van der Waals surface area contributed by atoms with Gasteiger partial charge in [0, 0.05) is 41.2 Å². The molecule has 1 amide bonds. The van der Waals surface area contributed by atoms with E-state index in [1.807, 2.05) is 42.5 Å². The second-order valence-electron chi connectivity index (χ2n) is 8.22. The number of ether oxygens (including phenoxy) is 1.